The molecule has 2 amide bonds. The van der Waals surface area contributed by atoms with E-state index < -0.39 is 0 Å². The number of amides is 2. The first-order chi connectivity index (χ1) is 10.5. The summed E-state index contributed by atoms with van der Waals surface area (Å²) in [5, 5.41) is 3.59. The maximum atomic E-state index is 12.3. The largest absolute Gasteiger partial charge is 0.352 e. The molecule has 1 unspecified atom stereocenters. The molecule has 2 rings (SSSR count). The average molecular weight is 323 g/mol. The Morgan fingerprint density at radius 3 is 2.55 bits per heavy atom. The molecule has 120 valence electrons. The van der Waals surface area contributed by atoms with E-state index in [-0.39, 0.29) is 23.8 Å². The maximum absolute atomic E-state index is 12.3. The van der Waals surface area contributed by atoms with Gasteiger partial charge in [0.05, 0.1) is 5.92 Å². The zero-order valence-corrected chi connectivity index (χ0v) is 13.9. The number of nitrogens with zero attached hydrogens (tertiary/aromatic N) is 1. The number of hydrogen-bond acceptors (Lipinski definition) is 2. The third-order valence-corrected chi connectivity index (χ3v) is 4.54. The van der Waals surface area contributed by atoms with Crippen molar-refractivity contribution in [3.8, 4) is 0 Å². The van der Waals surface area contributed by atoms with E-state index in [1.165, 1.54) is 0 Å². The van der Waals surface area contributed by atoms with Crippen LogP contribution in [0.2, 0.25) is 5.02 Å². The van der Waals surface area contributed by atoms with Gasteiger partial charge in [-0.3, -0.25) is 9.59 Å². The minimum absolute atomic E-state index is 0.0447. The Balaban J connectivity index is 1.88. The fourth-order valence-corrected chi connectivity index (χ4v) is 3.05. The fraction of sp³-hybridized carbons (Fsp3) is 0.529. The normalized spacial score (nSPS) is 18.1. The lowest BCUT2D eigenvalue weighted by Crippen LogP contribution is -2.37. The number of nitrogens with one attached hydrogen (secondary N) is 1. The molecule has 0 aromatic heterocycles. The van der Waals surface area contributed by atoms with Crippen LogP contribution in [-0.2, 0) is 16.1 Å². The van der Waals surface area contributed by atoms with Crippen LogP contribution in [0.15, 0.2) is 24.3 Å². The molecule has 22 heavy (non-hydrogen) atoms. The highest BCUT2D eigenvalue weighted by Gasteiger charge is 2.36. The molecular formula is C17H23ClN2O2. The van der Waals surface area contributed by atoms with E-state index in [0.717, 1.165) is 18.4 Å². The monoisotopic (exact) mass is 322 g/mol. The first kappa shape index (κ1) is 16.8. The molecular weight excluding hydrogens is 300 g/mol. The standard InChI is InChI=1S/C17H23ClN2O2/c1-3-15(4-2)20-11-13(9-16(20)21)17(22)19-10-12-5-7-14(18)8-6-12/h5-8,13,15H,3-4,9-11H2,1-2H3,(H,19,22). The van der Waals surface area contributed by atoms with Gasteiger partial charge in [-0.25, -0.2) is 0 Å². The van der Waals surface area contributed by atoms with Gasteiger partial charge in [-0.05, 0) is 30.5 Å². The van der Waals surface area contributed by atoms with E-state index in [2.05, 4.69) is 19.2 Å². The van der Waals surface area contributed by atoms with Gasteiger partial charge < -0.3 is 10.2 Å². The Bertz CT molecular complexity index is 526. The Kier molecular flexibility index (Phi) is 5.83. The van der Waals surface area contributed by atoms with Gasteiger partial charge in [-0.1, -0.05) is 37.6 Å². The summed E-state index contributed by atoms with van der Waals surface area (Å²) < 4.78 is 0. The number of hydrogen-bond donors (Lipinski definition) is 1. The van der Waals surface area contributed by atoms with Crippen molar-refractivity contribution in [1.29, 1.82) is 0 Å². The summed E-state index contributed by atoms with van der Waals surface area (Å²) in [7, 11) is 0. The van der Waals surface area contributed by atoms with Gasteiger partial charge in [0.2, 0.25) is 11.8 Å². The Morgan fingerprint density at radius 2 is 1.95 bits per heavy atom. The average Bonchev–Trinajstić information content (AvgIpc) is 2.90. The summed E-state index contributed by atoms with van der Waals surface area (Å²) in [5.41, 5.74) is 0.999. The third kappa shape index (κ3) is 4.01. The molecule has 1 fully saturated rings. The number of likely N-dealkylation sites (tertiary alicyclic amines) is 1. The number of carbonyl (C=O) groups excluding carboxylic acids is 2. The molecule has 0 bridgehead atoms. The quantitative estimate of drug-likeness (QED) is 0.875. The molecule has 1 aromatic rings. The van der Waals surface area contributed by atoms with Crippen LogP contribution in [0.1, 0.15) is 38.7 Å². The second kappa shape index (κ2) is 7.63. The topological polar surface area (TPSA) is 49.4 Å². The minimum Gasteiger partial charge on any atom is -0.352 e. The number of halogens is 1. The highest BCUT2D eigenvalue weighted by atomic mass is 35.5. The molecule has 1 aliphatic heterocycles. The van der Waals surface area contributed by atoms with Crippen molar-refractivity contribution in [2.75, 3.05) is 6.54 Å². The van der Waals surface area contributed by atoms with Gasteiger partial charge in [-0.2, -0.15) is 0 Å². The molecule has 0 aliphatic carbocycles. The van der Waals surface area contributed by atoms with Crippen LogP contribution in [0.25, 0.3) is 0 Å². The molecule has 5 heteroatoms. The van der Waals surface area contributed by atoms with Gasteiger partial charge in [0.25, 0.3) is 0 Å². The van der Waals surface area contributed by atoms with Gasteiger partial charge in [-0.15, -0.1) is 0 Å². The van der Waals surface area contributed by atoms with Crippen LogP contribution in [0.4, 0.5) is 0 Å². The van der Waals surface area contributed by atoms with Crippen LogP contribution in [0.5, 0.6) is 0 Å². The van der Waals surface area contributed by atoms with E-state index >= 15 is 0 Å². The first-order valence-electron chi connectivity index (χ1n) is 7.86. The summed E-state index contributed by atoms with van der Waals surface area (Å²) in [6.45, 7) is 5.16. The predicted octanol–water partition coefficient (Wildman–Crippen LogP) is 2.99. The summed E-state index contributed by atoms with van der Waals surface area (Å²) in [4.78, 5) is 26.2. The predicted molar refractivity (Wildman–Crippen MR) is 87.5 cm³/mol. The maximum Gasteiger partial charge on any atom is 0.225 e. The highest BCUT2D eigenvalue weighted by molar-refractivity contribution is 6.30. The second-order valence-corrected chi connectivity index (χ2v) is 6.20. The third-order valence-electron chi connectivity index (χ3n) is 4.29. The number of carbonyl (C=O) groups is 2. The summed E-state index contributed by atoms with van der Waals surface area (Å²) in [6, 6.07) is 7.63. The van der Waals surface area contributed by atoms with Crippen molar-refractivity contribution >= 4 is 23.4 Å². The van der Waals surface area contributed by atoms with Crippen molar-refractivity contribution < 1.29 is 9.59 Å². The molecule has 1 atom stereocenters. The number of benzene rings is 1. The van der Waals surface area contributed by atoms with Crippen molar-refractivity contribution in [3.63, 3.8) is 0 Å². The zero-order valence-electron chi connectivity index (χ0n) is 13.1. The van der Waals surface area contributed by atoms with Crippen LogP contribution in [-0.4, -0.2) is 29.3 Å². The molecule has 4 nitrogen and oxygen atoms in total. The van der Waals surface area contributed by atoms with Gasteiger partial charge in [0, 0.05) is 30.6 Å². The molecule has 0 radical (unpaired) electrons. The van der Waals surface area contributed by atoms with Gasteiger partial charge in [0.1, 0.15) is 0 Å². The van der Waals surface area contributed by atoms with Crippen LogP contribution < -0.4 is 5.32 Å². The lowest BCUT2D eigenvalue weighted by Gasteiger charge is -2.26. The molecule has 1 aromatic carbocycles. The molecule has 0 spiro atoms. The molecule has 1 heterocycles. The zero-order chi connectivity index (χ0) is 16.1. The summed E-state index contributed by atoms with van der Waals surface area (Å²) in [5.74, 6) is -0.183. The van der Waals surface area contributed by atoms with Crippen molar-refractivity contribution in [3.05, 3.63) is 34.9 Å². The van der Waals surface area contributed by atoms with Gasteiger partial charge >= 0.3 is 0 Å². The SMILES string of the molecule is CCC(CC)N1CC(C(=O)NCc2ccc(Cl)cc2)CC1=O. The van der Waals surface area contributed by atoms with Gasteiger partial charge in [0.15, 0.2) is 0 Å². The lowest BCUT2D eigenvalue weighted by molar-refractivity contribution is -0.130. The Hall–Kier alpha value is -1.55. The number of rotatable bonds is 6. The van der Waals surface area contributed by atoms with E-state index in [0.29, 0.717) is 24.5 Å². The van der Waals surface area contributed by atoms with E-state index in [9.17, 15) is 9.59 Å². The second-order valence-electron chi connectivity index (χ2n) is 5.76. The van der Waals surface area contributed by atoms with Crippen LogP contribution >= 0.6 is 11.6 Å². The van der Waals surface area contributed by atoms with E-state index in [1.54, 1.807) is 12.1 Å². The fourth-order valence-electron chi connectivity index (χ4n) is 2.93. The summed E-state index contributed by atoms with van der Waals surface area (Å²) in [6.07, 6.45) is 2.19. The smallest absolute Gasteiger partial charge is 0.225 e. The minimum atomic E-state index is -0.236. The molecule has 1 N–H and O–H groups in total. The van der Waals surface area contributed by atoms with Crippen molar-refractivity contribution in [2.45, 2.75) is 45.7 Å². The van der Waals surface area contributed by atoms with Crippen molar-refractivity contribution in [2.24, 2.45) is 5.92 Å². The van der Waals surface area contributed by atoms with E-state index in [1.807, 2.05) is 17.0 Å². The van der Waals surface area contributed by atoms with Crippen LogP contribution in [0, 0.1) is 5.92 Å². The van der Waals surface area contributed by atoms with Crippen LogP contribution in [0.3, 0.4) is 0 Å². The molecule has 0 saturated carbocycles. The lowest BCUT2D eigenvalue weighted by atomic mass is 10.1. The summed E-state index contributed by atoms with van der Waals surface area (Å²) >= 11 is 5.84. The Labute approximate surface area is 136 Å². The molecule has 1 saturated heterocycles. The van der Waals surface area contributed by atoms with Crippen molar-refractivity contribution in [1.82, 2.24) is 10.2 Å². The highest BCUT2D eigenvalue weighted by Crippen LogP contribution is 2.23. The first-order valence-corrected chi connectivity index (χ1v) is 8.24. The van der Waals surface area contributed by atoms with E-state index in [4.69, 9.17) is 11.6 Å². The Morgan fingerprint density at radius 1 is 1.32 bits per heavy atom. The molecule has 1 aliphatic rings.